The van der Waals surface area contributed by atoms with Crippen LogP contribution >= 0.6 is 0 Å². The van der Waals surface area contributed by atoms with Gasteiger partial charge in [-0.3, -0.25) is 9.15 Å². The Balaban J connectivity index is 2.06. The molecule has 1 aromatic heterocycles. The smallest absolute Gasteiger partial charge is 0.226 e. The van der Waals surface area contributed by atoms with Crippen LogP contribution in [-0.2, 0) is 5.41 Å². The van der Waals surface area contributed by atoms with Gasteiger partial charge in [0, 0.05) is 5.41 Å². The molecule has 18 heavy (non-hydrogen) atoms. The van der Waals surface area contributed by atoms with Crippen molar-refractivity contribution in [2.75, 3.05) is 0 Å². The second kappa shape index (κ2) is 3.67. The third-order valence-electron chi connectivity index (χ3n) is 3.48. The Labute approximate surface area is 105 Å². The number of hydrogen-bond acceptors (Lipinski definition) is 3. The molecule has 3 heteroatoms. The Hall–Kier alpha value is -2.16. The van der Waals surface area contributed by atoms with Crippen LogP contribution in [0.4, 0.5) is 0 Å². The quantitative estimate of drug-likeness (QED) is 0.689. The van der Waals surface area contributed by atoms with Gasteiger partial charge < -0.3 is 5.11 Å². The molecule has 0 aliphatic carbocycles. The molecule has 3 aromatic rings. The van der Waals surface area contributed by atoms with Crippen LogP contribution in [0.25, 0.3) is 11.2 Å². The number of rotatable bonds is 2. The van der Waals surface area contributed by atoms with Crippen molar-refractivity contribution in [2.45, 2.75) is 19.3 Å². The predicted molar refractivity (Wildman–Crippen MR) is 68.7 cm³/mol. The molecule has 0 spiro atoms. The second-order valence-corrected chi connectivity index (χ2v) is 5.00. The Bertz CT molecular complexity index is 671. The van der Waals surface area contributed by atoms with Gasteiger partial charge in [-0.05, 0) is 35.4 Å². The molecule has 0 radical (unpaired) electrons. The van der Waals surface area contributed by atoms with Crippen molar-refractivity contribution >= 4 is 11.2 Å². The molecule has 0 amide bonds. The summed E-state index contributed by atoms with van der Waals surface area (Å²) in [5, 5.41) is 9.35. The fourth-order valence-corrected chi connectivity index (χ4v) is 2.13. The first-order chi connectivity index (χ1) is 8.57. The lowest BCUT2D eigenvalue weighted by molar-refractivity contribution is 0.0587. The average molecular weight is 242 g/mol. The molecule has 3 nitrogen and oxygen atoms in total. The molecule has 3 rings (SSSR count). The summed E-state index contributed by atoms with van der Waals surface area (Å²) >= 11 is 0. The highest BCUT2D eigenvalue weighted by Crippen LogP contribution is 2.34. The van der Waals surface area contributed by atoms with Crippen molar-refractivity contribution in [3.63, 3.8) is 0 Å². The number of fused-ring (bicyclic) bond motifs is 1. The summed E-state index contributed by atoms with van der Waals surface area (Å²) in [6.45, 7) is 4.28. The zero-order chi connectivity index (χ0) is 12.8. The minimum absolute atomic E-state index is 0.151. The van der Waals surface area contributed by atoms with Gasteiger partial charge in [-0.2, -0.15) is 0 Å². The van der Waals surface area contributed by atoms with Crippen LogP contribution in [0.15, 0.2) is 51.6 Å². The lowest BCUT2D eigenvalue weighted by Gasteiger charge is -2.26. The molecule has 0 saturated heterocycles. The zero-order valence-electron chi connectivity index (χ0n) is 10.3. The molecule has 0 unspecified atom stereocenters. The van der Waals surface area contributed by atoms with E-state index in [1.54, 1.807) is 12.1 Å². The van der Waals surface area contributed by atoms with E-state index in [1.165, 1.54) is 0 Å². The van der Waals surface area contributed by atoms with Crippen molar-refractivity contribution in [2.24, 2.45) is 0 Å². The molecule has 0 aliphatic rings. The zero-order valence-corrected chi connectivity index (χ0v) is 10.3. The predicted octanol–water partition coefficient (Wildman–Crippen LogP) is 4.06. The highest BCUT2D eigenvalue weighted by atomic mass is 17.0. The molecule has 0 aliphatic heterocycles. The summed E-state index contributed by atoms with van der Waals surface area (Å²) in [5.74, 6) is 0.281. The highest BCUT2D eigenvalue weighted by Gasteiger charge is 2.24. The molecular formula is C15H14O3. The van der Waals surface area contributed by atoms with Crippen molar-refractivity contribution in [3.05, 3.63) is 53.6 Å². The summed E-state index contributed by atoms with van der Waals surface area (Å²) in [6, 6.07) is 13.2. The summed E-state index contributed by atoms with van der Waals surface area (Å²) in [7, 11) is 0. The summed E-state index contributed by atoms with van der Waals surface area (Å²) in [4.78, 5) is 0. The maximum absolute atomic E-state index is 9.35. The molecule has 1 N–H and O–H groups in total. The number of benzene rings is 2. The van der Waals surface area contributed by atoms with Crippen LogP contribution in [-0.4, -0.2) is 5.11 Å². The Kier molecular flexibility index (Phi) is 2.23. The molecule has 0 fully saturated rings. The fourth-order valence-electron chi connectivity index (χ4n) is 2.13. The van der Waals surface area contributed by atoms with Crippen molar-refractivity contribution in [1.29, 1.82) is 0 Å². The van der Waals surface area contributed by atoms with E-state index in [0.717, 1.165) is 22.3 Å². The van der Waals surface area contributed by atoms with Gasteiger partial charge >= 0.3 is 0 Å². The first-order valence-corrected chi connectivity index (χ1v) is 5.86. The van der Waals surface area contributed by atoms with Gasteiger partial charge in [0.05, 0.1) is 0 Å². The largest absolute Gasteiger partial charge is 0.508 e. The minimum atomic E-state index is -0.151. The van der Waals surface area contributed by atoms with E-state index >= 15 is 0 Å². The number of phenols is 1. The van der Waals surface area contributed by atoms with E-state index < -0.39 is 0 Å². The van der Waals surface area contributed by atoms with Crippen molar-refractivity contribution in [1.82, 2.24) is 0 Å². The molecular weight excluding hydrogens is 228 g/mol. The maximum Gasteiger partial charge on any atom is 0.226 e. The molecule has 0 atom stereocenters. The maximum atomic E-state index is 9.35. The van der Waals surface area contributed by atoms with E-state index in [-0.39, 0.29) is 11.2 Å². The van der Waals surface area contributed by atoms with Gasteiger partial charge in [-0.1, -0.05) is 32.0 Å². The van der Waals surface area contributed by atoms with Gasteiger partial charge in [0.25, 0.3) is 0 Å². The molecule has 0 bridgehead atoms. The Morgan fingerprint density at radius 3 is 2.00 bits per heavy atom. The van der Waals surface area contributed by atoms with E-state index in [4.69, 9.17) is 9.15 Å². The lowest BCUT2D eigenvalue weighted by Crippen LogP contribution is -2.18. The van der Waals surface area contributed by atoms with Crippen LogP contribution in [0.1, 0.15) is 25.0 Å². The lowest BCUT2D eigenvalue weighted by atomic mass is 9.78. The van der Waals surface area contributed by atoms with E-state index in [9.17, 15) is 5.11 Å². The van der Waals surface area contributed by atoms with E-state index in [2.05, 4.69) is 13.8 Å². The van der Waals surface area contributed by atoms with Gasteiger partial charge in [0.2, 0.25) is 11.2 Å². The highest BCUT2D eigenvalue weighted by molar-refractivity contribution is 5.72. The minimum Gasteiger partial charge on any atom is -0.508 e. The molecule has 0 saturated carbocycles. The standard InChI is InChI=1S/C15H14O3/c1-15(2,10-3-6-12(16)7-4-10)11-5-8-13-14(9-11)18-17-13/h3-9,16H,1-2H3. The molecule has 2 aromatic carbocycles. The third kappa shape index (κ3) is 1.59. The van der Waals surface area contributed by atoms with Crippen LogP contribution in [0.2, 0.25) is 0 Å². The summed E-state index contributed by atoms with van der Waals surface area (Å²) in [5.41, 5.74) is 3.69. The Morgan fingerprint density at radius 1 is 0.833 bits per heavy atom. The first-order valence-electron chi connectivity index (χ1n) is 5.86. The van der Waals surface area contributed by atoms with Gasteiger partial charge in [0.1, 0.15) is 5.75 Å². The SMILES string of the molecule is CC(C)(c1ccc(O)cc1)c1ccc2ooc2c1. The van der Waals surface area contributed by atoms with Crippen LogP contribution in [0, 0.1) is 0 Å². The summed E-state index contributed by atoms with van der Waals surface area (Å²) < 4.78 is 9.76. The monoisotopic (exact) mass is 242 g/mol. The van der Waals surface area contributed by atoms with Gasteiger partial charge in [-0.15, -0.1) is 0 Å². The fraction of sp³-hybridized carbons (Fsp3) is 0.200. The number of hydrogen-bond donors (Lipinski definition) is 1. The molecule has 1 heterocycles. The topological polar surface area (TPSA) is 46.5 Å². The van der Waals surface area contributed by atoms with Crippen LogP contribution < -0.4 is 0 Å². The summed E-state index contributed by atoms with van der Waals surface area (Å²) in [6.07, 6.45) is 0. The van der Waals surface area contributed by atoms with Gasteiger partial charge in [-0.25, -0.2) is 0 Å². The average Bonchev–Trinajstić information content (AvgIpc) is 2.31. The van der Waals surface area contributed by atoms with Gasteiger partial charge in [0.15, 0.2) is 0 Å². The second-order valence-electron chi connectivity index (χ2n) is 5.00. The van der Waals surface area contributed by atoms with Crippen LogP contribution in [0.5, 0.6) is 5.75 Å². The van der Waals surface area contributed by atoms with Crippen LogP contribution in [0.3, 0.4) is 0 Å². The van der Waals surface area contributed by atoms with Crippen molar-refractivity contribution in [3.8, 4) is 5.75 Å². The Morgan fingerprint density at radius 2 is 1.44 bits per heavy atom. The number of phenolic OH excluding ortho intramolecular Hbond substituents is 1. The molecule has 92 valence electrons. The third-order valence-corrected chi connectivity index (χ3v) is 3.48. The number of aromatic hydroxyl groups is 1. The van der Waals surface area contributed by atoms with E-state index in [0.29, 0.717) is 0 Å². The first kappa shape index (κ1) is 11.0. The van der Waals surface area contributed by atoms with Crippen molar-refractivity contribution < 1.29 is 14.3 Å². The normalized spacial score (nSPS) is 12.1. The van der Waals surface area contributed by atoms with E-state index in [1.807, 2.05) is 30.3 Å².